The Balaban J connectivity index is 4.38. The SMILES string of the molecule is CCCC(N)CC(=O)N(CCOC)C(C)COC. The van der Waals surface area contributed by atoms with Crippen molar-refractivity contribution in [3.8, 4) is 0 Å². The maximum atomic E-state index is 12.2. The van der Waals surface area contributed by atoms with Crippen LogP contribution in [0.5, 0.6) is 0 Å². The molecule has 0 aliphatic heterocycles. The Labute approximate surface area is 111 Å². The van der Waals surface area contributed by atoms with Crippen LogP contribution in [0.15, 0.2) is 0 Å². The summed E-state index contributed by atoms with van der Waals surface area (Å²) >= 11 is 0. The van der Waals surface area contributed by atoms with E-state index in [2.05, 4.69) is 6.92 Å². The molecule has 18 heavy (non-hydrogen) atoms. The second-order valence-corrected chi connectivity index (χ2v) is 4.64. The standard InChI is InChI=1S/C13H28N2O3/c1-5-6-12(14)9-13(16)15(7-8-17-3)11(2)10-18-4/h11-12H,5-10,14H2,1-4H3. The van der Waals surface area contributed by atoms with E-state index in [1.54, 1.807) is 19.1 Å². The first-order valence-electron chi connectivity index (χ1n) is 6.59. The Morgan fingerprint density at radius 2 is 2.00 bits per heavy atom. The van der Waals surface area contributed by atoms with Crippen molar-refractivity contribution in [2.75, 3.05) is 34.0 Å². The number of nitrogens with two attached hydrogens (primary N) is 1. The van der Waals surface area contributed by atoms with Crippen LogP contribution in [0.1, 0.15) is 33.1 Å². The molecule has 5 nitrogen and oxygen atoms in total. The van der Waals surface area contributed by atoms with Crippen LogP contribution in [0.2, 0.25) is 0 Å². The van der Waals surface area contributed by atoms with Crippen LogP contribution < -0.4 is 5.73 Å². The van der Waals surface area contributed by atoms with Crippen molar-refractivity contribution in [3.05, 3.63) is 0 Å². The number of rotatable bonds is 10. The van der Waals surface area contributed by atoms with E-state index in [-0.39, 0.29) is 18.0 Å². The number of nitrogens with zero attached hydrogens (tertiary/aromatic N) is 1. The average Bonchev–Trinajstić information content (AvgIpc) is 2.30. The Bertz CT molecular complexity index is 224. The maximum absolute atomic E-state index is 12.2. The van der Waals surface area contributed by atoms with Crippen molar-refractivity contribution in [1.82, 2.24) is 4.90 Å². The second-order valence-electron chi connectivity index (χ2n) is 4.64. The lowest BCUT2D eigenvalue weighted by Gasteiger charge is -2.29. The molecule has 2 atom stereocenters. The first-order chi connectivity index (χ1) is 8.56. The summed E-state index contributed by atoms with van der Waals surface area (Å²) in [5.74, 6) is 0.0811. The van der Waals surface area contributed by atoms with Crippen molar-refractivity contribution < 1.29 is 14.3 Å². The van der Waals surface area contributed by atoms with E-state index in [4.69, 9.17) is 15.2 Å². The van der Waals surface area contributed by atoms with E-state index in [1.165, 1.54) is 0 Å². The number of carbonyl (C=O) groups is 1. The van der Waals surface area contributed by atoms with Gasteiger partial charge in [-0.1, -0.05) is 13.3 Å². The van der Waals surface area contributed by atoms with Crippen molar-refractivity contribution in [3.63, 3.8) is 0 Å². The summed E-state index contributed by atoms with van der Waals surface area (Å²) in [5, 5.41) is 0. The topological polar surface area (TPSA) is 64.8 Å². The molecule has 0 saturated heterocycles. The summed E-state index contributed by atoms with van der Waals surface area (Å²) in [7, 11) is 3.27. The van der Waals surface area contributed by atoms with Gasteiger partial charge in [0, 0.05) is 33.2 Å². The minimum absolute atomic E-state index is 0.0477. The molecule has 1 amide bonds. The predicted molar refractivity (Wildman–Crippen MR) is 72.4 cm³/mol. The number of amides is 1. The van der Waals surface area contributed by atoms with E-state index in [0.29, 0.717) is 26.2 Å². The molecule has 0 aliphatic carbocycles. The number of carbonyl (C=O) groups excluding carboxylic acids is 1. The van der Waals surface area contributed by atoms with Gasteiger partial charge >= 0.3 is 0 Å². The van der Waals surface area contributed by atoms with Gasteiger partial charge in [0.2, 0.25) is 5.91 Å². The molecule has 0 radical (unpaired) electrons. The van der Waals surface area contributed by atoms with Crippen molar-refractivity contribution in [2.45, 2.75) is 45.2 Å². The summed E-state index contributed by atoms with van der Waals surface area (Å²) < 4.78 is 10.1. The van der Waals surface area contributed by atoms with Gasteiger partial charge in [-0.15, -0.1) is 0 Å². The van der Waals surface area contributed by atoms with Crippen molar-refractivity contribution in [1.29, 1.82) is 0 Å². The molecule has 108 valence electrons. The van der Waals surface area contributed by atoms with Gasteiger partial charge < -0.3 is 20.1 Å². The molecule has 0 bridgehead atoms. The molecule has 0 fully saturated rings. The monoisotopic (exact) mass is 260 g/mol. The quantitative estimate of drug-likeness (QED) is 0.637. The molecule has 0 aromatic heterocycles. The van der Waals surface area contributed by atoms with E-state index >= 15 is 0 Å². The van der Waals surface area contributed by atoms with Gasteiger partial charge in [0.05, 0.1) is 19.3 Å². The highest BCUT2D eigenvalue weighted by molar-refractivity contribution is 5.77. The summed E-state index contributed by atoms with van der Waals surface area (Å²) in [5.41, 5.74) is 5.92. The Kier molecular flexibility index (Phi) is 9.92. The smallest absolute Gasteiger partial charge is 0.224 e. The van der Waals surface area contributed by atoms with Crippen molar-refractivity contribution >= 4 is 5.91 Å². The van der Waals surface area contributed by atoms with E-state index in [9.17, 15) is 4.79 Å². The van der Waals surface area contributed by atoms with E-state index in [1.807, 2.05) is 6.92 Å². The third-order valence-corrected chi connectivity index (χ3v) is 2.89. The maximum Gasteiger partial charge on any atom is 0.224 e. The summed E-state index contributed by atoms with van der Waals surface area (Å²) in [4.78, 5) is 14.0. The number of hydrogen-bond acceptors (Lipinski definition) is 4. The van der Waals surface area contributed by atoms with Crippen LogP contribution >= 0.6 is 0 Å². The number of methoxy groups -OCH3 is 2. The van der Waals surface area contributed by atoms with Gasteiger partial charge in [-0.05, 0) is 13.3 Å². The molecule has 0 spiro atoms. The van der Waals surface area contributed by atoms with Crippen LogP contribution in [0.3, 0.4) is 0 Å². The van der Waals surface area contributed by atoms with E-state index in [0.717, 1.165) is 12.8 Å². The van der Waals surface area contributed by atoms with Gasteiger partial charge in [0.15, 0.2) is 0 Å². The molecular weight excluding hydrogens is 232 g/mol. The molecule has 0 saturated carbocycles. The molecule has 2 N–H and O–H groups in total. The van der Waals surface area contributed by atoms with Crippen LogP contribution in [0, 0.1) is 0 Å². The summed E-state index contributed by atoms with van der Waals surface area (Å²) in [6.45, 7) is 5.68. The summed E-state index contributed by atoms with van der Waals surface area (Å²) in [6.07, 6.45) is 2.27. The van der Waals surface area contributed by atoms with Gasteiger partial charge in [-0.3, -0.25) is 4.79 Å². The predicted octanol–water partition coefficient (Wildman–Crippen LogP) is 1.01. The molecule has 0 rings (SSSR count). The third-order valence-electron chi connectivity index (χ3n) is 2.89. The molecule has 0 aromatic rings. The lowest BCUT2D eigenvalue weighted by Crippen LogP contribution is -2.45. The molecule has 0 aromatic carbocycles. The fraction of sp³-hybridized carbons (Fsp3) is 0.923. The normalized spacial score (nSPS) is 14.3. The largest absolute Gasteiger partial charge is 0.383 e. The molecule has 5 heteroatoms. The summed E-state index contributed by atoms with van der Waals surface area (Å²) in [6, 6.07) is -0.00577. The van der Waals surface area contributed by atoms with Crippen molar-refractivity contribution in [2.24, 2.45) is 5.73 Å². The highest BCUT2D eigenvalue weighted by Gasteiger charge is 2.21. The molecular formula is C13H28N2O3. The van der Waals surface area contributed by atoms with Gasteiger partial charge in [-0.2, -0.15) is 0 Å². The van der Waals surface area contributed by atoms with Crippen LogP contribution in [0.25, 0.3) is 0 Å². The second kappa shape index (κ2) is 10.3. The fourth-order valence-corrected chi connectivity index (χ4v) is 1.93. The lowest BCUT2D eigenvalue weighted by atomic mass is 10.1. The number of ether oxygens (including phenoxy) is 2. The zero-order valence-electron chi connectivity index (χ0n) is 12.1. The van der Waals surface area contributed by atoms with Crippen LogP contribution in [-0.4, -0.2) is 56.9 Å². The lowest BCUT2D eigenvalue weighted by molar-refractivity contribution is -0.135. The molecule has 2 unspecified atom stereocenters. The minimum Gasteiger partial charge on any atom is -0.383 e. The zero-order chi connectivity index (χ0) is 14.0. The molecule has 0 heterocycles. The highest BCUT2D eigenvalue weighted by Crippen LogP contribution is 2.07. The van der Waals surface area contributed by atoms with Gasteiger partial charge in [0.25, 0.3) is 0 Å². The Hall–Kier alpha value is -0.650. The zero-order valence-corrected chi connectivity index (χ0v) is 12.1. The highest BCUT2D eigenvalue weighted by atomic mass is 16.5. The third kappa shape index (κ3) is 6.93. The molecule has 0 aliphatic rings. The van der Waals surface area contributed by atoms with Gasteiger partial charge in [-0.25, -0.2) is 0 Å². The first-order valence-corrected chi connectivity index (χ1v) is 6.59. The number of hydrogen-bond donors (Lipinski definition) is 1. The van der Waals surface area contributed by atoms with E-state index < -0.39 is 0 Å². The minimum atomic E-state index is -0.0534. The van der Waals surface area contributed by atoms with Crippen LogP contribution in [-0.2, 0) is 14.3 Å². The van der Waals surface area contributed by atoms with Gasteiger partial charge in [0.1, 0.15) is 0 Å². The van der Waals surface area contributed by atoms with Crippen LogP contribution in [0.4, 0.5) is 0 Å². The Morgan fingerprint density at radius 3 is 2.50 bits per heavy atom. The average molecular weight is 260 g/mol. The Morgan fingerprint density at radius 1 is 1.33 bits per heavy atom. The fourth-order valence-electron chi connectivity index (χ4n) is 1.93. The first kappa shape index (κ1) is 17.4.